The molecule has 114 valence electrons. The molecule has 3 aliphatic heterocycles. The van der Waals surface area contributed by atoms with Gasteiger partial charge in [0, 0.05) is 24.6 Å². The van der Waals surface area contributed by atoms with Gasteiger partial charge in [-0.25, -0.2) is 0 Å². The van der Waals surface area contributed by atoms with Crippen molar-refractivity contribution in [3.63, 3.8) is 0 Å². The van der Waals surface area contributed by atoms with Gasteiger partial charge < -0.3 is 14.2 Å². The third-order valence-electron chi connectivity index (χ3n) is 4.41. The summed E-state index contributed by atoms with van der Waals surface area (Å²) < 4.78 is 17.7. The van der Waals surface area contributed by atoms with Gasteiger partial charge in [-0.1, -0.05) is 30.3 Å². The summed E-state index contributed by atoms with van der Waals surface area (Å²) in [6.45, 7) is 3.62. The molecule has 0 spiro atoms. The van der Waals surface area contributed by atoms with Crippen molar-refractivity contribution in [2.45, 2.75) is 31.1 Å². The molecule has 0 unspecified atom stereocenters. The van der Waals surface area contributed by atoms with Gasteiger partial charge in [0.25, 0.3) is 0 Å². The zero-order valence-electron chi connectivity index (χ0n) is 12.0. The molecule has 4 atom stereocenters. The molecule has 3 heterocycles. The van der Waals surface area contributed by atoms with Crippen LogP contribution in [0.25, 0.3) is 0 Å². The van der Waals surface area contributed by atoms with Gasteiger partial charge in [0.05, 0.1) is 19.3 Å². The summed E-state index contributed by atoms with van der Waals surface area (Å²) in [6.07, 6.45) is 0.232. The lowest BCUT2D eigenvalue weighted by molar-refractivity contribution is -0.176. The molecule has 0 aliphatic carbocycles. The predicted molar refractivity (Wildman–Crippen MR) is 82.3 cm³/mol. The Morgan fingerprint density at radius 1 is 1.14 bits per heavy atom. The Labute approximate surface area is 129 Å². The van der Waals surface area contributed by atoms with E-state index >= 15 is 0 Å². The van der Waals surface area contributed by atoms with Crippen molar-refractivity contribution in [1.29, 1.82) is 0 Å². The van der Waals surface area contributed by atoms with Gasteiger partial charge in [0.2, 0.25) is 0 Å². The van der Waals surface area contributed by atoms with Gasteiger partial charge in [-0.3, -0.25) is 4.90 Å². The average Bonchev–Trinajstić information content (AvgIpc) is 3.35. The third-order valence-corrected chi connectivity index (χ3v) is 5.35. The van der Waals surface area contributed by atoms with Crippen LogP contribution in [0.1, 0.15) is 5.56 Å². The van der Waals surface area contributed by atoms with Crippen molar-refractivity contribution in [2.75, 3.05) is 31.2 Å². The van der Waals surface area contributed by atoms with Crippen LogP contribution < -0.4 is 0 Å². The molecular formula is C16H21NO3S. The van der Waals surface area contributed by atoms with E-state index in [-0.39, 0.29) is 12.4 Å². The van der Waals surface area contributed by atoms with Crippen LogP contribution in [0.2, 0.25) is 0 Å². The summed E-state index contributed by atoms with van der Waals surface area (Å²) in [5, 5.41) is 0. The summed E-state index contributed by atoms with van der Waals surface area (Å²) in [4.78, 5) is 2.52. The molecule has 5 heteroatoms. The fourth-order valence-corrected chi connectivity index (χ4v) is 4.10. The Balaban J connectivity index is 1.29. The SMILES string of the molecule is c1ccc(CO[C@H]2OC[C@@H](N3CCSCC3)[C@@H]3O[C@H]23)cc1. The highest BCUT2D eigenvalue weighted by atomic mass is 32.2. The standard InChI is InChI=1S/C16H21NO3S/c1-2-4-12(5-3-1)10-18-16-15-14(20-15)13(11-19-16)17-6-8-21-9-7-17/h1-5,13-16H,6-11H2/t13-,14+,15+,16+/m1/s1. The Bertz CT molecular complexity index is 466. The summed E-state index contributed by atoms with van der Waals surface area (Å²) >= 11 is 2.04. The fourth-order valence-electron chi connectivity index (χ4n) is 3.17. The first kappa shape index (κ1) is 14.0. The lowest BCUT2D eigenvalue weighted by Gasteiger charge is -2.36. The highest BCUT2D eigenvalue weighted by Gasteiger charge is 2.56. The molecule has 3 fully saturated rings. The Kier molecular flexibility index (Phi) is 4.18. The van der Waals surface area contributed by atoms with Crippen molar-refractivity contribution in [3.8, 4) is 0 Å². The summed E-state index contributed by atoms with van der Waals surface area (Å²) in [5.74, 6) is 2.45. The molecule has 1 aromatic rings. The Morgan fingerprint density at radius 3 is 2.76 bits per heavy atom. The molecule has 4 nitrogen and oxygen atoms in total. The Hall–Kier alpha value is -0.590. The quantitative estimate of drug-likeness (QED) is 0.792. The third kappa shape index (κ3) is 3.12. The van der Waals surface area contributed by atoms with Gasteiger partial charge in [-0.2, -0.15) is 11.8 Å². The average molecular weight is 307 g/mol. The number of epoxide rings is 1. The second-order valence-corrected chi connectivity index (χ2v) is 7.00. The van der Waals surface area contributed by atoms with Gasteiger partial charge >= 0.3 is 0 Å². The van der Waals surface area contributed by atoms with E-state index in [1.807, 2.05) is 30.0 Å². The first-order chi connectivity index (χ1) is 10.4. The maximum absolute atomic E-state index is 5.92. The maximum atomic E-state index is 5.92. The van der Waals surface area contributed by atoms with Crippen molar-refractivity contribution >= 4 is 11.8 Å². The highest BCUT2D eigenvalue weighted by molar-refractivity contribution is 7.99. The first-order valence-electron chi connectivity index (χ1n) is 7.66. The van der Waals surface area contributed by atoms with E-state index in [0.29, 0.717) is 18.8 Å². The first-order valence-corrected chi connectivity index (χ1v) is 8.82. The number of ether oxygens (including phenoxy) is 3. The van der Waals surface area contributed by atoms with E-state index < -0.39 is 0 Å². The van der Waals surface area contributed by atoms with Crippen LogP contribution in [0.5, 0.6) is 0 Å². The lowest BCUT2D eigenvalue weighted by Crippen LogP contribution is -2.51. The summed E-state index contributed by atoms with van der Waals surface area (Å²) in [7, 11) is 0. The van der Waals surface area contributed by atoms with Crippen LogP contribution in [0.4, 0.5) is 0 Å². The maximum Gasteiger partial charge on any atom is 0.186 e. The number of hydrogen-bond acceptors (Lipinski definition) is 5. The van der Waals surface area contributed by atoms with Gasteiger partial charge in [-0.05, 0) is 5.56 Å². The lowest BCUT2D eigenvalue weighted by atomic mass is 10.1. The topological polar surface area (TPSA) is 34.2 Å². The zero-order valence-corrected chi connectivity index (χ0v) is 12.8. The van der Waals surface area contributed by atoms with Gasteiger partial charge in [0.15, 0.2) is 6.29 Å². The number of rotatable bonds is 4. The van der Waals surface area contributed by atoms with E-state index in [1.165, 1.54) is 17.1 Å². The van der Waals surface area contributed by atoms with Crippen molar-refractivity contribution in [1.82, 2.24) is 4.90 Å². The zero-order chi connectivity index (χ0) is 14.1. The molecule has 3 saturated heterocycles. The van der Waals surface area contributed by atoms with E-state index in [1.54, 1.807) is 0 Å². The minimum Gasteiger partial charge on any atom is -0.362 e. The summed E-state index contributed by atoms with van der Waals surface area (Å²) in [5.41, 5.74) is 1.17. The smallest absolute Gasteiger partial charge is 0.186 e. The van der Waals surface area contributed by atoms with Crippen LogP contribution >= 0.6 is 11.8 Å². The normalized spacial score (nSPS) is 36.2. The molecule has 0 bridgehead atoms. The molecule has 21 heavy (non-hydrogen) atoms. The predicted octanol–water partition coefficient (Wildman–Crippen LogP) is 1.74. The number of hydrogen-bond donors (Lipinski definition) is 0. The molecule has 3 aliphatic rings. The van der Waals surface area contributed by atoms with E-state index in [0.717, 1.165) is 19.7 Å². The molecule has 0 aromatic heterocycles. The monoisotopic (exact) mass is 307 g/mol. The van der Waals surface area contributed by atoms with Crippen LogP contribution in [-0.4, -0.2) is 60.6 Å². The molecular weight excluding hydrogens is 286 g/mol. The van der Waals surface area contributed by atoms with Crippen LogP contribution in [0.15, 0.2) is 30.3 Å². The second-order valence-electron chi connectivity index (χ2n) is 5.78. The van der Waals surface area contributed by atoms with E-state index in [2.05, 4.69) is 17.0 Å². The van der Waals surface area contributed by atoms with E-state index in [9.17, 15) is 0 Å². The van der Waals surface area contributed by atoms with Crippen molar-refractivity contribution < 1.29 is 14.2 Å². The highest BCUT2D eigenvalue weighted by Crippen LogP contribution is 2.38. The molecule has 0 N–H and O–H groups in total. The van der Waals surface area contributed by atoms with Gasteiger partial charge in [0.1, 0.15) is 12.2 Å². The molecule has 1 aromatic carbocycles. The number of fused-ring (bicyclic) bond motifs is 1. The van der Waals surface area contributed by atoms with Crippen molar-refractivity contribution in [3.05, 3.63) is 35.9 Å². The molecule has 0 amide bonds. The minimum atomic E-state index is -0.203. The van der Waals surface area contributed by atoms with Crippen molar-refractivity contribution in [2.24, 2.45) is 0 Å². The van der Waals surface area contributed by atoms with Gasteiger partial charge in [-0.15, -0.1) is 0 Å². The number of benzene rings is 1. The summed E-state index contributed by atoms with van der Waals surface area (Å²) in [6, 6.07) is 10.6. The molecule has 0 saturated carbocycles. The number of nitrogens with zero attached hydrogens (tertiary/aromatic N) is 1. The number of thioether (sulfide) groups is 1. The second kappa shape index (κ2) is 6.26. The van der Waals surface area contributed by atoms with Crippen LogP contribution in [-0.2, 0) is 20.8 Å². The molecule has 4 rings (SSSR count). The van der Waals surface area contributed by atoms with Crippen LogP contribution in [0, 0.1) is 0 Å². The minimum absolute atomic E-state index is 0.127. The molecule has 0 radical (unpaired) electrons. The Morgan fingerprint density at radius 2 is 1.95 bits per heavy atom. The fraction of sp³-hybridized carbons (Fsp3) is 0.625. The van der Waals surface area contributed by atoms with Crippen LogP contribution in [0.3, 0.4) is 0 Å². The largest absolute Gasteiger partial charge is 0.362 e. The van der Waals surface area contributed by atoms with E-state index in [4.69, 9.17) is 14.2 Å².